The van der Waals surface area contributed by atoms with Crippen molar-refractivity contribution in [3.63, 3.8) is 0 Å². The fourth-order valence-electron chi connectivity index (χ4n) is 2.35. The van der Waals surface area contributed by atoms with Gasteiger partial charge in [-0.3, -0.25) is 4.79 Å². The Hall–Kier alpha value is -2.50. The number of hydrogen-bond acceptors (Lipinski definition) is 1. The Morgan fingerprint density at radius 2 is 1.68 bits per heavy atom. The number of hydrogen-bond donors (Lipinski definition) is 0. The van der Waals surface area contributed by atoms with Gasteiger partial charge in [0.2, 0.25) is 0 Å². The van der Waals surface area contributed by atoms with Gasteiger partial charge in [0.05, 0.1) is 11.3 Å². The highest BCUT2D eigenvalue weighted by atomic mass is 19.4. The molecule has 0 fully saturated rings. The van der Waals surface area contributed by atoms with Gasteiger partial charge in [-0.2, -0.15) is 13.2 Å². The molecular formula is C16H9F4NO. The molecule has 3 rings (SSSR count). The lowest BCUT2D eigenvalue weighted by Crippen LogP contribution is -2.19. The van der Waals surface area contributed by atoms with Gasteiger partial charge >= 0.3 is 6.18 Å². The molecular weight excluding hydrogens is 298 g/mol. The maximum atomic E-state index is 13.8. The number of carbonyl (C=O) groups excluding carboxylic acids is 1. The van der Waals surface area contributed by atoms with Gasteiger partial charge in [-0.05, 0) is 29.8 Å². The molecule has 0 N–H and O–H groups in total. The summed E-state index contributed by atoms with van der Waals surface area (Å²) in [5, 5.41) is 0. The molecule has 0 saturated carbocycles. The topological polar surface area (TPSA) is 29.4 Å². The van der Waals surface area contributed by atoms with Crippen LogP contribution in [0.3, 0.4) is 0 Å². The molecule has 2 aromatic carbocycles. The Labute approximate surface area is 123 Å². The Morgan fingerprint density at radius 3 is 2.32 bits per heavy atom. The Kier molecular flexibility index (Phi) is 3.31. The summed E-state index contributed by atoms with van der Waals surface area (Å²) in [5.74, 6) is -1.11. The van der Waals surface area contributed by atoms with E-state index in [1.165, 1.54) is 30.3 Å². The van der Waals surface area contributed by atoms with Crippen LogP contribution in [0.1, 0.15) is 27.0 Å². The molecule has 0 aromatic heterocycles. The van der Waals surface area contributed by atoms with Crippen molar-refractivity contribution in [1.29, 1.82) is 0 Å². The SMILES string of the molecule is O=C1N=C(c2ccc(C(F)(F)F)cc2)Cc2c(F)cccc21. The second-order valence-corrected chi connectivity index (χ2v) is 4.88. The number of amides is 1. The van der Waals surface area contributed by atoms with E-state index >= 15 is 0 Å². The summed E-state index contributed by atoms with van der Waals surface area (Å²) < 4.78 is 51.4. The predicted molar refractivity (Wildman–Crippen MR) is 72.4 cm³/mol. The molecule has 0 atom stereocenters. The first-order valence-corrected chi connectivity index (χ1v) is 6.43. The van der Waals surface area contributed by atoms with Gasteiger partial charge in [-0.25, -0.2) is 9.38 Å². The van der Waals surface area contributed by atoms with Crippen molar-refractivity contribution in [3.8, 4) is 0 Å². The van der Waals surface area contributed by atoms with Crippen molar-refractivity contribution in [1.82, 2.24) is 0 Å². The molecule has 22 heavy (non-hydrogen) atoms. The second-order valence-electron chi connectivity index (χ2n) is 4.88. The van der Waals surface area contributed by atoms with Crippen molar-refractivity contribution < 1.29 is 22.4 Å². The Balaban J connectivity index is 1.97. The van der Waals surface area contributed by atoms with E-state index in [1.54, 1.807) is 0 Å². The first-order chi connectivity index (χ1) is 10.4. The third kappa shape index (κ3) is 2.52. The molecule has 6 heteroatoms. The molecule has 2 nitrogen and oxygen atoms in total. The first-order valence-electron chi connectivity index (χ1n) is 6.43. The van der Waals surface area contributed by atoms with E-state index in [1.807, 2.05) is 0 Å². The summed E-state index contributed by atoms with van der Waals surface area (Å²) in [4.78, 5) is 15.8. The summed E-state index contributed by atoms with van der Waals surface area (Å²) >= 11 is 0. The van der Waals surface area contributed by atoms with E-state index in [4.69, 9.17) is 0 Å². The summed E-state index contributed by atoms with van der Waals surface area (Å²) in [6, 6.07) is 8.44. The highest BCUT2D eigenvalue weighted by Gasteiger charge is 2.30. The standard InChI is InChI=1S/C16H9F4NO/c17-13-3-1-2-11-12(13)8-14(21-15(11)22)9-4-6-10(7-5-9)16(18,19)20/h1-7H,8H2. The lowest BCUT2D eigenvalue weighted by Gasteiger charge is -2.16. The molecule has 1 heterocycles. The zero-order valence-electron chi connectivity index (χ0n) is 11.1. The van der Waals surface area contributed by atoms with Crippen molar-refractivity contribution >= 4 is 11.6 Å². The minimum Gasteiger partial charge on any atom is -0.267 e. The molecule has 112 valence electrons. The third-order valence-electron chi connectivity index (χ3n) is 3.48. The van der Waals surface area contributed by atoms with Crippen molar-refractivity contribution in [2.75, 3.05) is 0 Å². The second kappa shape index (κ2) is 5.05. The number of benzene rings is 2. The number of rotatable bonds is 1. The molecule has 1 aliphatic heterocycles. The molecule has 0 unspecified atom stereocenters. The minimum absolute atomic E-state index is 0.0686. The molecule has 0 saturated heterocycles. The maximum absolute atomic E-state index is 13.8. The number of fused-ring (bicyclic) bond motifs is 1. The van der Waals surface area contributed by atoms with Gasteiger partial charge in [-0.15, -0.1) is 0 Å². The lowest BCUT2D eigenvalue weighted by atomic mass is 9.94. The zero-order chi connectivity index (χ0) is 15.9. The predicted octanol–water partition coefficient (Wildman–Crippen LogP) is 4.03. The van der Waals surface area contributed by atoms with Gasteiger partial charge in [0.25, 0.3) is 5.91 Å². The largest absolute Gasteiger partial charge is 0.416 e. The Bertz CT molecular complexity index is 776. The summed E-state index contributed by atoms with van der Waals surface area (Å²) in [6.07, 6.45) is -4.36. The van der Waals surface area contributed by atoms with Crippen LogP contribution in [0.25, 0.3) is 0 Å². The quantitative estimate of drug-likeness (QED) is 0.731. The van der Waals surface area contributed by atoms with E-state index in [0.29, 0.717) is 5.56 Å². The van der Waals surface area contributed by atoms with E-state index in [0.717, 1.165) is 12.1 Å². The molecule has 0 radical (unpaired) electrons. The smallest absolute Gasteiger partial charge is 0.267 e. The minimum atomic E-state index is -4.43. The van der Waals surface area contributed by atoms with Crippen LogP contribution in [-0.2, 0) is 12.6 Å². The molecule has 1 aliphatic rings. The Morgan fingerprint density at radius 1 is 1.00 bits per heavy atom. The fraction of sp³-hybridized carbons (Fsp3) is 0.125. The van der Waals surface area contributed by atoms with Crippen LogP contribution in [0.5, 0.6) is 0 Å². The number of alkyl halides is 3. The molecule has 0 spiro atoms. The summed E-state index contributed by atoms with van der Waals surface area (Å²) in [7, 11) is 0. The number of aliphatic imine (C=N–C) groups is 1. The van der Waals surface area contributed by atoms with E-state index < -0.39 is 23.5 Å². The van der Waals surface area contributed by atoms with Crippen LogP contribution in [-0.4, -0.2) is 11.6 Å². The number of halogens is 4. The third-order valence-corrected chi connectivity index (χ3v) is 3.48. The van der Waals surface area contributed by atoms with Gasteiger partial charge in [0.15, 0.2) is 0 Å². The number of nitrogens with zero attached hydrogens (tertiary/aromatic N) is 1. The van der Waals surface area contributed by atoms with Crippen molar-refractivity contribution in [2.24, 2.45) is 4.99 Å². The van der Waals surface area contributed by atoms with E-state index in [-0.39, 0.29) is 23.3 Å². The number of carbonyl (C=O) groups is 1. The first kappa shape index (κ1) is 14.4. The van der Waals surface area contributed by atoms with Crippen LogP contribution >= 0.6 is 0 Å². The van der Waals surface area contributed by atoms with Crippen LogP contribution in [0.15, 0.2) is 47.5 Å². The zero-order valence-corrected chi connectivity index (χ0v) is 11.1. The highest BCUT2D eigenvalue weighted by Crippen LogP contribution is 2.30. The normalized spacial score (nSPS) is 14.5. The van der Waals surface area contributed by atoms with Crippen LogP contribution in [0, 0.1) is 5.82 Å². The summed E-state index contributed by atoms with van der Waals surface area (Å²) in [6.45, 7) is 0. The van der Waals surface area contributed by atoms with Crippen LogP contribution < -0.4 is 0 Å². The van der Waals surface area contributed by atoms with E-state index in [2.05, 4.69) is 4.99 Å². The monoisotopic (exact) mass is 307 g/mol. The van der Waals surface area contributed by atoms with Crippen LogP contribution in [0.2, 0.25) is 0 Å². The fourth-order valence-corrected chi connectivity index (χ4v) is 2.35. The van der Waals surface area contributed by atoms with Gasteiger partial charge in [-0.1, -0.05) is 18.2 Å². The molecule has 2 aromatic rings. The van der Waals surface area contributed by atoms with Gasteiger partial charge < -0.3 is 0 Å². The van der Waals surface area contributed by atoms with Crippen LogP contribution in [0.4, 0.5) is 17.6 Å². The molecule has 0 bridgehead atoms. The highest BCUT2D eigenvalue weighted by molar-refractivity contribution is 6.15. The maximum Gasteiger partial charge on any atom is 0.416 e. The van der Waals surface area contributed by atoms with Crippen molar-refractivity contribution in [2.45, 2.75) is 12.6 Å². The van der Waals surface area contributed by atoms with Gasteiger partial charge in [0.1, 0.15) is 5.82 Å². The average Bonchev–Trinajstić information content (AvgIpc) is 2.47. The van der Waals surface area contributed by atoms with Gasteiger partial charge in [0, 0.05) is 17.5 Å². The summed E-state index contributed by atoms with van der Waals surface area (Å²) in [5.41, 5.74) is 0.255. The average molecular weight is 307 g/mol. The van der Waals surface area contributed by atoms with E-state index in [9.17, 15) is 22.4 Å². The molecule has 0 aliphatic carbocycles. The van der Waals surface area contributed by atoms with Crippen molar-refractivity contribution in [3.05, 3.63) is 70.5 Å². The molecule has 1 amide bonds. The lowest BCUT2D eigenvalue weighted by molar-refractivity contribution is -0.137.